The minimum Gasteiger partial charge on any atom is -0.355 e. The average Bonchev–Trinajstić information content (AvgIpc) is 2.78. The smallest absolute Gasteiger partial charge is 0.223 e. The normalized spacial score (nSPS) is 26.1. The Balaban J connectivity index is 1.70. The minimum atomic E-state index is 0.295. The summed E-state index contributed by atoms with van der Waals surface area (Å²) in [5.41, 5.74) is 0.435. The van der Waals surface area contributed by atoms with Crippen LogP contribution in [0.3, 0.4) is 0 Å². The zero-order chi connectivity index (χ0) is 8.60. The van der Waals surface area contributed by atoms with Crippen LogP contribution in [-0.4, -0.2) is 12.5 Å². The van der Waals surface area contributed by atoms with E-state index in [0.29, 0.717) is 17.2 Å². The van der Waals surface area contributed by atoms with Crippen LogP contribution in [0.4, 0.5) is 0 Å². The molecular weight excluding hydrogens is 150 g/mol. The van der Waals surface area contributed by atoms with Gasteiger partial charge in [-0.05, 0) is 31.1 Å². The molecule has 2 fully saturated rings. The molecule has 2 aliphatic carbocycles. The van der Waals surface area contributed by atoms with E-state index in [1.165, 1.54) is 19.3 Å². The molecule has 2 aliphatic rings. The zero-order valence-electron chi connectivity index (χ0n) is 7.73. The highest BCUT2D eigenvalue weighted by atomic mass is 16.2. The van der Waals surface area contributed by atoms with Crippen molar-refractivity contribution in [3.05, 3.63) is 0 Å². The lowest BCUT2D eigenvalue weighted by molar-refractivity contribution is -0.123. The van der Waals surface area contributed by atoms with Gasteiger partial charge in [0.15, 0.2) is 0 Å². The molecule has 0 heterocycles. The molecule has 0 aromatic rings. The third kappa shape index (κ3) is 1.62. The number of nitrogens with one attached hydrogen (secondary N) is 1. The van der Waals surface area contributed by atoms with Crippen LogP contribution in [0.5, 0.6) is 0 Å². The van der Waals surface area contributed by atoms with Crippen molar-refractivity contribution in [2.75, 3.05) is 6.54 Å². The maximum atomic E-state index is 11.3. The van der Waals surface area contributed by atoms with Gasteiger partial charge in [-0.2, -0.15) is 0 Å². The SMILES string of the molecule is CC1(CNC(=O)C2CC2)CCC1. The van der Waals surface area contributed by atoms with Crippen LogP contribution >= 0.6 is 0 Å². The Labute approximate surface area is 73.7 Å². The van der Waals surface area contributed by atoms with Gasteiger partial charge in [-0.1, -0.05) is 13.3 Å². The molecule has 0 unspecified atom stereocenters. The van der Waals surface area contributed by atoms with E-state index in [0.717, 1.165) is 19.4 Å². The molecule has 0 spiro atoms. The van der Waals surface area contributed by atoms with Crippen LogP contribution in [0.1, 0.15) is 39.0 Å². The van der Waals surface area contributed by atoms with Gasteiger partial charge in [0.1, 0.15) is 0 Å². The highest BCUT2D eigenvalue weighted by Gasteiger charge is 2.34. The van der Waals surface area contributed by atoms with E-state index in [1.54, 1.807) is 0 Å². The summed E-state index contributed by atoms with van der Waals surface area (Å²) in [6.07, 6.45) is 6.15. The summed E-state index contributed by atoms with van der Waals surface area (Å²) in [5, 5.41) is 3.05. The maximum absolute atomic E-state index is 11.3. The van der Waals surface area contributed by atoms with Crippen molar-refractivity contribution in [2.24, 2.45) is 11.3 Å². The Hall–Kier alpha value is -0.530. The second-order valence-electron chi connectivity index (χ2n) is 4.66. The molecule has 0 aliphatic heterocycles. The maximum Gasteiger partial charge on any atom is 0.223 e. The number of hydrogen-bond acceptors (Lipinski definition) is 1. The van der Waals surface area contributed by atoms with Crippen molar-refractivity contribution >= 4 is 5.91 Å². The first kappa shape index (κ1) is 8.09. The number of carbonyl (C=O) groups is 1. The lowest BCUT2D eigenvalue weighted by Crippen LogP contribution is -2.40. The molecule has 0 bridgehead atoms. The number of carbonyl (C=O) groups excluding carboxylic acids is 1. The van der Waals surface area contributed by atoms with E-state index in [-0.39, 0.29) is 0 Å². The molecule has 12 heavy (non-hydrogen) atoms. The number of rotatable bonds is 3. The third-order valence-electron chi connectivity index (χ3n) is 3.20. The molecule has 2 rings (SSSR count). The van der Waals surface area contributed by atoms with E-state index >= 15 is 0 Å². The number of hydrogen-bond donors (Lipinski definition) is 1. The predicted octanol–water partition coefficient (Wildman–Crippen LogP) is 1.70. The highest BCUT2D eigenvalue weighted by Crippen LogP contribution is 2.39. The van der Waals surface area contributed by atoms with Crippen LogP contribution in [0.2, 0.25) is 0 Å². The van der Waals surface area contributed by atoms with Crippen LogP contribution in [-0.2, 0) is 4.79 Å². The largest absolute Gasteiger partial charge is 0.355 e. The van der Waals surface area contributed by atoms with Crippen LogP contribution in [0.25, 0.3) is 0 Å². The van der Waals surface area contributed by atoms with Gasteiger partial charge in [0.2, 0.25) is 5.91 Å². The first-order chi connectivity index (χ1) is 5.70. The van der Waals surface area contributed by atoms with Crippen LogP contribution < -0.4 is 5.32 Å². The topological polar surface area (TPSA) is 29.1 Å². The van der Waals surface area contributed by atoms with E-state index in [9.17, 15) is 4.79 Å². The predicted molar refractivity (Wildman–Crippen MR) is 47.7 cm³/mol. The summed E-state index contributed by atoms with van der Waals surface area (Å²) < 4.78 is 0. The fraction of sp³-hybridized carbons (Fsp3) is 0.900. The minimum absolute atomic E-state index is 0.295. The van der Waals surface area contributed by atoms with Gasteiger partial charge in [-0.15, -0.1) is 0 Å². The quantitative estimate of drug-likeness (QED) is 0.681. The van der Waals surface area contributed by atoms with Crippen molar-refractivity contribution in [2.45, 2.75) is 39.0 Å². The van der Waals surface area contributed by atoms with Gasteiger partial charge in [0.05, 0.1) is 0 Å². The van der Waals surface area contributed by atoms with Crippen molar-refractivity contribution in [1.82, 2.24) is 5.32 Å². The zero-order valence-corrected chi connectivity index (χ0v) is 7.73. The summed E-state index contributed by atoms with van der Waals surface area (Å²) in [4.78, 5) is 11.3. The lowest BCUT2D eigenvalue weighted by atomic mass is 9.70. The van der Waals surface area contributed by atoms with Gasteiger partial charge in [0.25, 0.3) is 0 Å². The second-order valence-corrected chi connectivity index (χ2v) is 4.66. The Bertz CT molecular complexity index is 192. The molecule has 0 aromatic carbocycles. The van der Waals surface area contributed by atoms with Gasteiger partial charge in [-0.25, -0.2) is 0 Å². The van der Waals surface area contributed by atoms with Gasteiger partial charge in [0, 0.05) is 12.5 Å². The average molecular weight is 167 g/mol. The molecule has 2 heteroatoms. The fourth-order valence-electron chi connectivity index (χ4n) is 1.75. The Kier molecular flexibility index (Phi) is 1.85. The highest BCUT2D eigenvalue weighted by molar-refractivity contribution is 5.80. The molecule has 1 N–H and O–H groups in total. The summed E-state index contributed by atoms with van der Waals surface area (Å²) >= 11 is 0. The second kappa shape index (κ2) is 2.75. The van der Waals surface area contributed by atoms with E-state index in [1.807, 2.05) is 0 Å². The molecule has 2 nitrogen and oxygen atoms in total. The van der Waals surface area contributed by atoms with Crippen molar-refractivity contribution in [3.63, 3.8) is 0 Å². The lowest BCUT2D eigenvalue weighted by Gasteiger charge is -2.38. The summed E-state index contributed by atoms with van der Waals surface area (Å²) in [7, 11) is 0. The first-order valence-corrected chi connectivity index (χ1v) is 4.97. The van der Waals surface area contributed by atoms with Gasteiger partial charge >= 0.3 is 0 Å². The molecule has 0 atom stereocenters. The van der Waals surface area contributed by atoms with Crippen LogP contribution in [0, 0.1) is 11.3 Å². The first-order valence-electron chi connectivity index (χ1n) is 4.97. The molecule has 0 aromatic heterocycles. The summed E-state index contributed by atoms with van der Waals surface area (Å²) in [6, 6.07) is 0. The molecule has 0 saturated heterocycles. The fourth-order valence-corrected chi connectivity index (χ4v) is 1.75. The van der Waals surface area contributed by atoms with E-state index in [2.05, 4.69) is 12.2 Å². The molecular formula is C10H17NO. The standard InChI is InChI=1S/C10H17NO/c1-10(5-2-6-10)7-11-9(12)8-3-4-8/h8H,2-7H2,1H3,(H,11,12). The van der Waals surface area contributed by atoms with E-state index < -0.39 is 0 Å². The summed E-state index contributed by atoms with van der Waals surface area (Å²) in [5.74, 6) is 0.664. The van der Waals surface area contributed by atoms with Gasteiger partial charge < -0.3 is 5.32 Å². The van der Waals surface area contributed by atoms with E-state index in [4.69, 9.17) is 0 Å². The number of amides is 1. The monoisotopic (exact) mass is 167 g/mol. The Morgan fingerprint density at radius 3 is 2.58 bits per heavy atom. The van der Waals surface area contributed by atoms with Gasteiger partial charge in [-0.3, -0.25) is 4.79 Å². The molecule has 2 saturated carbocycles. The Morgan fingerprint density at radius 1 is 1.50 bits per heavy atom. The Morgan fingerprint density at radius 2 is 2.17 bits per heavy atom. The third-order valence-corrected chi connectivity index (χ3v) is 3.20. The van der Waals surface area contributed by atoms with Crippen molar-refractivity contribution < 1.29 is 4.79 Å². The molecule has 1 amide bonds. The molecule has 68 valence electrons. The molecule has 0 radical (unpaired) electrons. The van der Waals surface area contributed by atoms with Crippen molar-refractivity contribution in [3.8, 4) is 0 Å². The van der Waals surface area contributed by atoms with Crippen molar-refractivity contribution in [1.29, 1.82) is 0 Å². The van der Waals surface area contributed by atoms with Crippen LogP contribution in [0.15, 0.2) is 0 Å². The summed E-state index contributed by atoms with van der Waals surface area (Å²) in [6.45, 7) is 3.17.